The molecular weight excluding hydrogens is 422 g/mol. The number of para-hydroxylation sites is 1. The number of hydrogen-bond acceptors (Lipinski definition) is 7. The Morgan fingerprint density at radius 2 is 1.90 bits per heavy atom. The number of thioether (sulfide) groups is 1. The van der Waals surface area contributed by atoms with Crippen LogP contribution in [-0.4, -0.2) is 55.4 Å². The Morgan fingerprint density at radius 1 is 1.17 bits per heavy atom. The average Bonchev–Trinajstić information content (AvgIpc) is 3.22. The van der Waals surface area contributed by atoms with Gasteiger partial charge in [-0.15, -0.1) is 0 Å². The van der Waals surface area contributed by atoms with E-state index in [1.165, 1.54) is 11.8 Å². The van der Waals surface area contributed by atoms with Crippen LogP contribution in [0.3, 0.4) is 0 Å². The minimum absolute atomic E-state index is 0.0783. The van der Waals surface area contributed by atoms with E-state index in [0.29, 0.717) is 17.5 Å². The first-order valence-corrected chi connectivity index (χ1v) is 12.4. The zero-order chi connectivity index (χ0) is 21.1. The third-order valence-corrected chi connectivity index (χ3v) is 8.10. The normalized spacial score (nSPS) is 21.6. The molecule has 158 valence electrons. The number of nitrogens with one attached hydrogen (secondary N) is 1. The fourth-order valence-corrected chi connectivity index (χ4v) is 7.27. The van der Waals surface area contributed by atoms with Crippen LogP contribution in [0.25, 0.3) is 0 Å². The van der Waals surface area contributed by atoms with Crippen LogP contribution in [0.15, 0.2) is 59.6 Å². The van der Waals surface area contributed by atoms with E-state index in [2.05, 4.69) is 10.3 Å². The van der Waals surface area contributed by atoms with Gasteiger partial charge in [0.15, 0.2) is 15.0 Å². The predicted octanol–water partition coefficient (Wildman–Crippen LogP) is 2.80. The molecule has 2 heterocycles. The lowest BCUT2D eigenvalue weighted by Crippen LogP contribution is -2.36. The summed E-state index contributed by atoms with van der Waals surface area (Å²) in [4.78, 5) is 19.3. The zero-order valence-electron chi connectivity index (χ0n) is 16.5. The predicted molar refractivity (Wildman–Crippen MR) is 121 cm³/mol. The maximum atomic E-state index is 12.8. The van der Waals surface area contributed by atoms with E-state index in [4.69, 9.17) is 4.74 Å². The Kier molecular flexibility index (Phi) is 6.01. The van der Waals surface area contributed by atoms with Gasteiger partial charge in [-0.2, -0.15) is 0 Å². The molecule has 2 aromatic carbocycles. The van der Waals surface area contributed by atoms with Gasteiger partial charge in [0.05, 0.1) is 24.2 Å². The molecule has 2 atom stereocenters. The molecule has 2 aliphatic heterocycles. The summed E-state index contributed by atoms with van der Waals surface area (Å²) < 4.78 is 29.2. The molecule has 0 radical (unpaired) electrons. The van der Waals surface area contributed by atoms with Crippen LogP contribution in [0.4, 0.5) is 11.4 Å². The van der Waals surface area contributed by atoms with Crippen molar-refractivity contribution >= 4 is 44.0 Å². The lowest BCUT2D eigenvalue weighted by molar-refractivity contribution is -0.114. The van der Waals surface area contributed by atoms with E-state index >= 15 is 0 Å². The average molecular weight is 446 g/mol. The van der Waals surface area contributed by atoms with Gasteiger partial charge in [-0.05, 0) is 43.3 Å². The van der Waals surface area contributed by atoms with E-state index in [0.717, 1.165) is 11.4 Å². The first kappa shape index (κ1) is 20.7. The van der Waals surface area contributed by atoms with Crippen LogP contribution in [0.2, 0.25) is 0 Å². The monoisotopic (exact) mass is 445 g/mol. The second kappa shape index (κ2) is 8.69. The second-order valence-electron chi connectivity index (χ2n) is 7.14. The maximum absolute atomic E-state index is 12.8. The Bertz CT molecular complexity index is 1040. The van der Waals surface area contributed by atoms with Gasteiger partial charge in [0, 0.05) is 16.6 Å². The van der Waals surface area contributed by atoms with E-state index in [1.807, 2.05) is 54.3 Å². The summed E-state index contributed by atoms with van der Waals surface area (Å²) in [6, 6.07) is 16.5. The topological polar surface area (TPSA) is 88.1 Å². The number of rotatable bonds is 6. The highest BCUT2D eigenvalue weighted by molar-refractivity contribution is 8.15. The molecule has 0 spiro atoms. The Labute approximate surface area is 180 Å². The molecule has 4 rings (SSSR count). The molecule has 7 nitrogen and oxygen atoms in total. The number of fused-ring (bicyclic) bond motifs is 1. The number of amidine groups is 1. The van der Waals surface area contributed by atoms with Gasteiger partial charge in [-0.1, -0.05) is 30.0 Å². The van der Waals surface area contributed by atoms with Gasteiger partial charge in [0.25, 0.3) is 0 Å². The lowest BCUT2D eigenvalue weighted by Gasteiger charge is -2.24. The minimum atomic E-state index is -3.03. The van der Waals surface area contributed by atoms with Crippen LogP contribution in [-0.2, 0) is 14.6 Å². The standard InChI is InChI=1S/C21H23N3O4S2/c1-2-28-17-10-8-15(9-11-17)22-20(25)12-24(16-6-4-3-5-7-16)21-23-18-13-30(26,27)14-19(18)29-21/h3-11,18-19H,2,12-14H2,1H3,(H,22,25)/t18-,19-/m1/s1. The SMILES string of the molecule is CCOc1ccc(NC(=O)CN(C2=N[C@@H]3CS(=O)(=O)C[C@H]3S2)c2ccccc2)cc1. The molecule has 1 saturated heterocycles. The third kappa shape index (κ3) is 4.79. The summed E-state index contributed by atoms with van der Waals surface area (Å²) in [6.07, 6.45) is 0. The molecule has 1 amide bonds. The summed E-state index contributed by atoms with van der Waals surface area (Å²) in [5.41, 5.74) is 1.52. The smallest absolute Gasteiger partial charge is 0.244 e. The molecule has 2 aliphatic rings. The Morgan fingerprint density at radius 3 is 2.57 bits per heavy atom. The third-order valence-electron chi connectivity index (χ3n) is 4.85. The van der Waals surface area contributed by atoms with Crippen molar-refractivity contribution in [3.05, 3.63) is 54.6 Å². The van der Waals surface area contributed by atoms with Crippen molar-refractivity contribution < 1.29 is 17.9 Å². The second-order valence-corrected chi connectivity index (χ2v) is 10.5. The van der Waals surface area contributed by atoms with Crippen LogP contribution in [0.1, 0.15) is 6.92 Å². The van der Waals surface area contributed by atoms with Crippen molar-refractivity contribution in [3.63, 3.8) is 0 Å². The van der Waals surface area contributed by atoms with Crippen molar-refractivity contribution in [2.24, 2.45) is 4.99 Å². The van der Waals surface area contributed by atoms with Crippen molar-refractivity contribution in [3.8, 4) is 5.75 Å². The van der Waals surface area contributed by atoms with Crippen molar-refractivity contribution in [1.82, 2.24) is 0 Å². The quantitative estimate of drug-likeness (QED) is 0.736. The number of ether oxygens (including phenoxy) is 1. The summed E-state index contributed by atoms with van der Waals surface area (Å²) in [5.74, 6) is 0.779. The molecule has 9 heteroatoms. The number of aliphatic imine (C=N–C) groups is 1. The zero-order valence-corrected chi connectivity index (χ0v) is 18.2. The van der Waals surface area contributed by atoms with Gasteiger partial charge in [0.1, 0.15) is 12.3 Å². The highest BCUT2D eigenvalue weighted by atomic mass is 32.2. The van der Waals surface area contributed by atoms with Crippen LogP contribution < -0.4 is 15.0 Å². The highest BCUT2D eigenvalue weighted by Crippen LogP contribution is 2.36. The van der Waals surface area contributed by atoms with Gasteiger partial charge in [-0.3, -0.25) is 9.79 Å². The van der Waals surface area contributed by atoms with Crippen molar-refractivity contribution in [2.45, 2.75) is 18.2 Å². The molecule has 0 unspecified atom stereocenters. The molecule has 1 fully saturated rings. The van der Waals surface area contributed by atoms with Crippen LogP contribution in [0.5, 0.6) is 5.75 Å². The molecule has 1 N–H and O–H groups in total. The number of amides is 1. The first-order valence-electron chi connectivity index (χ1n) is 9.74. The lowest BCUT2D eigenvalue weighted by atomic mass is 10.2. The maximum Gasteiger partial charge on any atom is 0.244 e. The van der Waals surface area contributed by atoms with Crippen LogP contribution in [0, 0.1) is 0 Å². The van der Waals surface area contributed by atoms with E-state index in [9.17, 15) is 13.2 Å². The number of benzene rings is 2. The van der Waals surface area contributed by atoms with E-state index in [1.54, 1.807) is 12.1 Å². The van der Waals surface area contributed by atoms with Gasteiger partial charge >= 0.3 is 0 Å². The number of sulfone groups is 1. The van der Waals surface area contributed by atoms with Crippen molar-refractivity contribution in [1.29, 1.82) is 0 Å². The number of anilines is 2. The summed E-state index contributed by atoms with van der Waals surface area (Å²) in [6.45, 7) is 2.58. The Hall–Kier alpha value is -2.52. The highest BCUT2D eigenvalue weighted by Gasteiger charge is 2.44. The number of nitrogens with zero attached hydrogens (tertiary/aromatic N) is 2. The fourth-order valence-electron chi connectivity index (χ4n) is 3.49. The van der Waals surface area contributed by atoms with Gasteiger partial charge in [-0.25, -0.2) is 8.42 Å². The van der Waals surface area contributed by atoms with Gasteiger partial charge < -0.3 is 15.0 Å². The van der Waals surface area contributed by atoms with Crippen LogP contribution >= 0.6 is 11.8 Å². The van der Waals surface area contributed by atoms with Gasteiger partial charge in [0.2, 0.25) is 5.91 Å². The number of hydrogen-bond donors (Lipinski definition) is 1. The largest absolute Gasteiger partial charge is 0.494 e. The molecule has 0 aliphatic carbocycles. The molecular formula is C21H23N3O4S2. The molecule has 2 aromatic rings. The first-order chi connectivity index (χ1) is 14.4. The molecule has 30 heavy (non-hydrogen) atoms. The number of carbonyl (C=O) groups is 1. The number of carbonyl (C=O) groups excluding carboxylic acids is 1. The molecule has 0 saturated carbocycles. The Balaban J connectivity index is 1.49. The van der Waals surface area contributed by atoms with E-state index < -0.39 is 9.84 Å². The van der Waals surface area contributed by atoms with E-state index in [-0.39, 0.29) is 35.2 Å². The summed E-state index contributed by atoms with van der Waals surface area (Å²) >= 11 is 1.44. The van der Waals surface area contributed by atoms with Crippen molar-refractivity contribution in [2.75, 3.05) is 34.9 Å². The minimum Gasteiger partial charge on any atom is -0.494 e. The summed E-state index contributed by atoms with van der Waals surface area (Å²) in [5, 5.41) is 3.51. The summed E-state index contributed by atoms with van der Waals surface area (Å²) in [7, 11) is -3.03. The fraction of sp³-hybridized carbons (Fsp3) is 0.333. The molecule has 0 aromatic heterocycles. The molecule has 0 bridgehead atoms.